The van der Waals surface area contributed by atoms with Gasteiger partial charge < -0.3 is 10.1 Å². The number of hydrogen-bond acceptors (Lipinski definition) is 4. The molecule has 1 amide bonds. The minimum atomic E-state index is -3.69. The summed E-state index contributed by atoms with van der Waals surface area (Å²) >= 11 is 0. The highest BCUT2D eigenvalue weighted by Crippen LogP contribution is 2.23. The van der Waals surface area contributed by atoms with Gasteiger partial charge in [-0.25, -0.2) is 8.42 Å². The predicted octanol–water partition coefficient (Wildman–Crippen LogP) is 3.62. The zero-order valence-corrected chi connectivity index (χ0v) is 16.8. The normalized spacial score (nSPS) is 15.0. The summed E-state index contributed by atoms with van der Waals surface area (Å²) in [6.45, 7) is 1.68. The van der Waals surface area contributed by atoms with Gasteiger partial charge in [0.1, 0.15) is 5.75 Å². The molecule has 3 rings (SSSR count). The van der Waals surface area contributed by atoms with Crippen molar-refractivity contribution >= 4 is 21.6 Å². The number of carbonyl (C=O) groups is 1. The molecule has 1 aliphatic carbocycles. The number of nitrogens with one attached hydrogen (secondary N) is 2. The number of para-hydroxylation sites is 1. The van der Waals surface area contributed by atoms with Crippen molar-refractivity contribution in [1.82, 2.24) is 5.32 Å². The fourth-order valence-electron chi connectivity index (χ4n) is 3.33. The summed E-state index contributed by atoms with van der Waals surface area (Å²) in [5.74, 6) is 0.353. The molecule has 0 heterocycles. The first-order valence-corrected chi connectivity index (χ1v) is 11.0. The Morgan fingerprint density at radius 3 is 2.46 bits per heavy atom. The molecular formula is C21H26N2O4S. The Labute approximate surface area is 166 Å². The fraction of sp³-hybridized carbons (Fsp3) is 0.381. The molecule has 0 radical (unpaired) electrons. The molecule has 1 saturated carbocycles. The van der Waals surface area contributed by atoms with Crippen molar-refractivity contribution in [3.8, 4) is 5.75 Å². The largest absolute Gasteiger partial charge is 0.484 e. The van der Waals surface area contributed by atoms with Gasteiger partial charge in [-0.2, -0.15) is 0 Å². The topological polar surface area (TPSA) is 84.5 Å². The molecule has 0 bridgehead atoms. The SMILES string of the molecule is Cc1cc(S(=O)(=O)Nc2ccccc2)ccc1OCC(=O)NC1CCCCC1. The zero-order valence-electron chi connectivity index (χ0n) is 16.0. The first kappa shape index (κ1) is 20.2. The van der Waals surface area contributed by atoms with Gasteiger partial charge in [0.2, 0.25) is 0 Å². The highest BCUT2D eigenvalue weighted by Gasteiger charge is 2.18. The monoisotopic (exact) mass is 402 g/mol. The van der Waals surface area contributed by atoms with E-state index in [-0.39, 0.29) is 23.5 Å². The van der Waals surface area contributed by atoms with E-state index in [4.69, 9.17) is 4.74 Å². The van der Waals surface area contributed by atoms with Crippen LogP contribution in [-0.2, 0) is 14.8 Å². The van der Waals surface area contributed by atoms with E-state index in [1.54, 1.807) is 43.3 Å². The molecule has 0 spiro atoms. The van der Waals surface area contributed by atoms with Gasteiger partial charge in [0, 0.05) is 11.7 Å². The minimum absolute atomic E-state index is 0.0777. The van der Waals surface area contributed by atoms with Crippen LogP contribution >= 0.6 is 0 Å². The lowest BCUT2D eigenvalue weighted by atomic mass is 9.95. The third-order valence-corrected chi connectivity index (χ3v) is 6.19. The molecule has 150 valence electrons. The van der Waals surface area contributed by atoms with E-state index in [1.807, 2.05) is 6.07 Å². The fourth-order valence-corrected chi connectivity index (χ4v) is 4.47. The standard InChI is InChI=1S/C21H26N2O4S/c1-16-14-19(28(25,26)23-18-10-6-3-7-11-18)12-13-20(16)27-15-21(24)22-17-8-4-2-5-9-17/h3,6-7,10-14,17,23H,2,4-5,8-9,15H2,1H3,(H,22,24). The molecule has 2 aromatic carbocycles. The highest BCUT2D eigenvalue weighted by molar-refractivity contribution is 7.92. The molecule has 0 aliphatic heterocycles. The maximum absolute atomic E-state index is 12.5. The quantitative estimate of drug-likeness (QED) is 0.741. The van der Waals surface area contributed by atoms with Crippen LogP contribution in [0.2, 0.25) is 0 Å². The maximum Gasteiger partial charge on any atom is 0.261 e. The molecule has 1 fully saturated rings. The van der Waals surface area contributed by atoms with Crippen LogP contribution in [0.5, 0.6) is 5.75 Å². The van der Waals surface area contributed by atoms with Crippen molar-refractivity contribution in [1.29, 1.82) is 0 Å². The summed E-state index contributed by atoms with van der Waals surface area (Å²) in [5.41, 5.74) is 1.15. The molecule has 0 saturated heterocycles. The van der Waals surface area contributed by atoms with Gasteiger partial charge in [-0.05, 0) is 55.7 Å². The van der Waals surface area contributed by atoms with Crippen molar-refractivity contribution in [3.63, 3.8) is 0 Å². The van der Waals surface area contributed by atoms with Crippen LogP contribution in [0, 0.1) is 6.92 Å². The average molecular weight is 403 g/mol. The molecule has 0 atom stereocenters. The molecule has 7 heteroatoms. The van der Waals surface area contributed by atoms with Crippen LogP contribution in [-0.4, -0.2) is 27.0 Å². The van der Waals surface area contributed by atoms with E-state index in [0.29, 0.717) is 17.0 Å². The summed E-state index contributed by atoms with van der Waals surface area (Å²) in [6.07, 6.45) is 5.57. The molecule has 2 aromatic rings. The Balaban J connectivity index is 1.59. The van der Waals surface area contributed by atoms with Gasteiger partial charge in [-0.15, -0.1) is 0 Å². The first-order valence-electron chi connectivity index (χ1n) is 9.55. The first-order chi connectivity index (χ1) is 13.4. The van der Waals surface area contributed by atoms with Gasteiger partial charge in [-0.3, -0.25) is 9.52 Å². The molecule has 28 heavy (non-hydrogen) atoms. The predicted molar refractivity (Wildman–Crippen MR) is 109 cm³/mol. The van der Waals surface area contributed by atoms with Gasteiger partial charge in [0.15, 0.2) is 6.61 Å². The third-order valence-electron chi connectivity index (χ3n) is 4.81. The number of rotatable bonds is 7. The second-order valence-electron chi connectivity index (χ2n) is 7.09. The number of aryl methyl sites for hydroxylation is 1. The highest BCUT2D eigenvalue weighted by atomic mass is 32.2. The lowest BCUT2D eigenvalue weighted by Gasteiger charge is -2.22. The van der Waals surface area contributed by atoms with Crippen LogP contribution in [0.25, 0.3) is 0 Å². The molecule has 0 unspecified atom stereocenters. The second kappa shape index (κ2) is 9.10. The number of hydrogen-bond donors (Lipinski definition) is 2. The summed E-state index contributed by atoms with van der Waals surface area (Å²) in [5, 5.41) is 3.00. The van der Waals surface area contributed by atoms with E-state index in [9.17, 15) is 13.2 Å². The Morgan fingerprint density at radius 2 is 1.79 bits per heavy atom. The van der Waals surface area contributed by atoms with Crippen molar-refractivity contribution in [2.75, 3.05) is 11.3 Å². The van der Waals surface area contributed by atoms with Crippen molar-refractivity contribution in [3.05, 3.63) is 54.1 Å². The number of sulfonamides is 1. The number of benzene rings is 2. The number of anilines is 1. The van der Waals surface area contributed by atoms with E-state index in [0.717, 1.165) is 25.7 Å². The summed E-state index contributed by atoms with van der Waals surface area (Å²) in [4.78, 5) is 12.2. The minimum Gasteiger partial charge on any atom is -0.484 e. The number of carbonyl (C=O) groups excluding carboxylic acids is 1. The van der Waals surface area contributed by atoms with Crippen LogP contribution in [0.1, 0.15) is 37.7 Å². The summed E-state index contributed by atoms with van der Waals surface area (Å²) < 4.78 is 33.2. The van der Waals surface area contributed by atoms with E-state index in [1.165, 1.54) is 12.5 Å². The smallest absolute Gasteiger partial charge is 0.261 e. The Hall–Kier alpha value is -2.54. The van der Waals surface area contributed by atoms with Crippen molar-refractivity contribution in [2.45, 2.75) is 50.0 Å². The number of ether oxygens (including phenoxy) is 1. The zero-order chi connectivity index (χ0) is 20.0. The van der Waals surface area contributed by atoms with Gasteiger partial charge in [0.05, 0.1) is 4.90 Å². The summed E-state index contributed by atoms with van der Waals surface area (Å²) in [6, 6.07) is 13.6. The van der Waals surface area contributed by atoms with E-state index in [2.05, 4.69) is 10.0 Å². The van der Waals surface area contributed by atoms with Crippen LogP contribution in [0.15, 0.2) is 53.4 Å². The van der Waals surface area contributed by atoms with Crippen LogP contribution in [0.4, 0.5) is 5.69 Å². The Kier molecular flexibility index (Phi) is 6.57. The molecule has 1 aliphatic rings. The molecule has 6 nitrogen and oxygen atoms in total. The van der Waals surface area contributed by atoms with Crippen LogP contribution in [0.3, 0.4) is 0 Å². The molecule has 2 N–H and O–H groups in total. The average Bonchev–Trinajstić information content (AvgIpc) is 2.68. The Bertz CT molecular complexity index is 907. The molecule has 0 aromatic heterocycles. The third kappa shape index (κ3) is 5.48. The van der Waals surface area contributed by atoms with Crippen molar-refractivity contribution in [2.24, 2.45) is 0 Å². The maximum atomic E-state index is 12.5. The van der Waals surface area contributed by atoms with Crippen LogP contribution < -0.4 is 14.8 Å². The summed E-state index contributed by atoms with van der Waals surface area (Å²) in [7, 11) is -3.69. The van der Waals surface area contributed by atoms with Gasteiger partial charge in [0.25, 0.3) is 15.9 Å². The lowest BCUT2D eigenvalue weighted by Crippen LogP contribution is -2.39. The lowest BCUT2D eigenvalue weighted by molar-refractivity contribution is -0.124. The van der Waals surface area contributed by atoms with Gasteiger partial charge >= 0.3 is 0 Å². The number of amides is 1. The van der Waals surface area contributed by atoms with Gasteiger partial charge in [-0.1, -0.05) is 37.5 Å². The Morgan fingerprint density at radius 1 is 1.07 bits per heavy atom. The second-order valence-corrected chi connectivity index (χ2v) is 8.77. The van der Waals surface area contributed by atoms with E-state index < -0.39 is 10.0 Å². The molecular weight excluding hydrogens is 376 g/mol. The van der Waals surface area contributed by atoms with E-state index >= 15 is 0 Å². The van der Waals surface area contributed by atoms with Crippen molar-refractivity contribution < 1.29 is 17.9 Å².